The molecule has 0 bridgehead atoms. The van der Waals surface area contributed by atoms with Crippen LogP contribution in [0.4, 0.5) is 5.69 Å². The molecule has 1 amide bonds. The number of nitrogens with one attached hydrogen (secondary N) is 1. The lowest BCUT2D eigenvalue weighted by molar-refractivity contribution is -0.131. The second-order valence-corrected chi connectivity index (χ2v) is 10.6. The summed E-state index contributed by atoms with van der Waals surface area (Å²) in [6, 6.07) is 18.5. The number of carboxylic acids is 1. The normalized spacial score (nSPS) is 12.0. The second kappa shape index (κ2) is 12.2. The van der Waals surface area contributed by atoms with Crippen LogP contribution in [0.2, 0.25) is 15.1 Å². The molecule has 0 aliphatic rings. The van der Waals surface area contributed by atoms with Gasteiger partial charge >= 0.3 is 5.97 Å². The van der Waals surface area contributed by atoms with Gasteiger partial charge in [0.05, 0.1) is 34.3 Å². The number of halogens is 3. The van der Waals surface area contributed by atoms with Crippen molar-refractivity contribution >= 4 is 52.4 Å². The number of hydrogen-bond donors (Lipinski definition) is 2. The molecule has 10 heteroatoms. The zero-order chi connectivity index (χ0) is 28.3. The molecule has 0 saturated carbocycles. The van der Waals surface area contributed by atoms with Crippen LogP contribution in [0.1, 0.15) is 35.5 Å². The van der Waals surface area contributed by atoms with Gasteiger partial charge in [0.25, 0.3) is 5.91 Å². The van der Waals surface area contributed by atoms with E-state index in [1.807, 2.05) is 32.9 Å². The minimum atomic E-state index is -1.04. The highest BCUT2D eigenvalue weighted by molar-refractivity contribution is 6.35. The summed E-state index contributed by atoms with van der Waals surface area (Å²) >= 11 is 18.8. The Morgan fingerprint density at radius 1 is 0.974 bits per heavy atom. The van der Waals surface area contributed by atoms with Crippen LogP contribution >= 0.6 is 34.8 Å². The van der Waals surface area contributed by atoms with Gasteiger partial charge in [-0.15, -0.1) is 0 Å². The molecule has 7 nitrogen and oxygen atoms in total. The Morgan fingerprint density at radius 2 is 1.62 bits per heavy atom. The molecule has 1 atom stereocenters. The van der Waals surface area contributed by atoms with Crippen LogP contribution in [0.15, 0.2) is 66.7 Å². The molecule has 3 aromatic carbocycles. The van der Waals surface area contributed by atoms with Gasteiger partial charge in [-0.3, -0.25) is 4.79 Å². The number of anilines is 1. The van der Waals surface area contributed by atoms with Crippen molar-refractivity contribution in [2.45, 2.75) is 33.5 Å². The molecule has 0 fully saturated rings. The molecule has 0 saturated heterocycles. The molecule has 1 heterocycles. The van der Waals surface area contributed by atoms with Crippen LogP contribution < -0.4 is 5.32 Å². The zero-order valence-electron chi connectivity index (χ0n) is 21.4. The van der Waals surface area contributed by atoms with E-state index in [-0.39, 0.29) is 24.0 Å². The van der Waals surface area contributed by atoms with Gasteiger partial charge in [0.1, 0.15) is 6.10 Å². The van der Waals surface area contributed by atoms with Gasteiger partial charge in [0, 0.05) is 26.9 Å². The predicted octanol–water partition coefficient (Wildman–Crippen LogP) is 7.69. The van der Waals surface area contributed by atoms with E-state index in [4.69, 9.17) is 49.7 Å². The Bertz CT molecular complexity index is 1500. The summed E-state index contributed by atoms with van der Waals surface area (Å²) in [5, 5.41) is 18.3. The van der Waals surface area contributed by atoms with E-state index < -0.39 is 12.1 Å². The van der Waals surface area contributed by atoms with E-state index in [0.717, 1.165) is 16.8 Å². The summed E-state index contributed by atoms with van der Waals surface area (Å²) in [5.74, 6) is -1.53. The molecule has 0 aliphatic carbocycles. The molecule has 0 spiro atoms. The maximum atomic E-state index is 13.1. The number of carbonyl (C=O) groups is 2. The van der Waals surface area contributed by atoms with Crippen molar-refractivity contribution in [3.63, 3.8) is 0 Å². The largest absolute Gasteiger partial charge is 0.478 e. The summed E-state index contributed by atoms with van der Waals surface area (Å²) < 4.78 is 7.86. The van der Waals surface area contributed by atoms with Gasteiger partial charge in [-0.25, -0.2) is 9.48 Å². The van der Waals surface area contributed by atoms with Crippen molar-refractivity contribution in [1.82, 2.24) is 9.78 Å². The molecule has 1 aromatic heterocycles. The monoisotopic (exact) mass is 585 g/mol. The van der Waals surface area contributed by atoms with Crippen molar-refractivity contribution in [3.05, 3.63) is 98.6 Å². The van der Waals surface area contributed by atoms with Crippen LogP contribution in [0.5, 0.6) is 0 Å². The fourth-order valence-corrected chi connectivity index (χ4v) is 4.72. The second-order valence-electron chi connectivity index (χ2n) is 9.28. The predicted molar refractivity (Wildman–Crippen MR) is 154 cm³/mol. The molecule has 39 heavy (non-hydrogen) atoms. The van der Waals surface area contributed by atoms with Gasteiger partial charge < -0.3 is 15.2 Å². The SMILES string of the molecule is Cc1c(COC(C(=O)Nc2ccc(C(=O)O)cc2)C(C)C)nn(-c2ccc(Cl)cc2Cl)c1-c1ccc(Cl)cc1. The third-order valence-electron chi connectivity index (χ3n) is 6.14. The molecule has 0 aliphatic heterocycles. The van der Waals surface area contributed by atoms with Gasteiger partial charge in [-0.2, -0.15) is 5.10 Å². The summed E-state index contributed by atoms with van der Waals surface area (Å²) in [6.07, 6.45) is -0.785. The quantitative estimate of drug-likeness (QED) is 0.210. The smallest absolute Gasteiger partial charge is 0.335 e. The van der Waals surface area contributed by atoms with Crippen LogP contribution in [-0.4, -0.2) is 32.9 Å². The first-order valence-electron chi connectivity index (χ1n) is 12.1. The van der Waals surface area contributed by atoms with Crippen LogP contribution in [0, 0.1) is 12.8 Å². The van der Waals surface area contributed by atoms with Crippen LogP contribution in [0.25, 0.3) is 16.9 Å². The highest BCUT2D eigenvalue weighted by Crippen LogP contribution is 2.33. The standard InChI is InChI=1S/C29H26Cl3N3O4/c1-16(2)27(28(36)33-22-11-6-19(7-12-22)29(37)38)39-15-24-17(3)26(18-4-8-20(30)9-5-18)35(34-24)25-13-10-21(31)14-23(25)32/h4-14,16,27H,15H2,1-3H3,(H,33,36)(H,37,38). The first-order valence-corrected chi connectivity index (χ1v) is 13.2. The third-order valence-corrected chi connectivity index (χ3v) is 6.93. The van der Waals surface area contributed by atoms with Gasteiger partial charge in [-0.05, 0) is 67.4 Å². The fourth-order valence-electron chi connectivity index (χ4n) is 4.10. The van der Waals surface area contributed by atoms with E-state index in [9.17, 15) is 9.59 Å². The molecule has 2 N–H and O–H groups in total. The highest BCUT2D eigenvalue weighted by atomic mass is 35.5. The summed E-state index contributed by atoms with van der Waals surface area (Å²) in [7, 11) is 0. The van der Waals surface area contributed by atoms with Crippen molar-refractivity contribution in [1.29, 1.82) is 0 Å². The van der Waals surface area contributed by atoms with E-state index in [1.165, 1.54) is 12.1 Å². The van der Waals surface area contributed by atoms with E-state index in [2.05, 4.69) is 5.32 Å². The third kappa shape index (κ3) is 6.62. The van der Waals surface area contributed by atoms with Gasteiger partial charge in [-0.1, -0.05) is 60.8 Å². The minimum absolute atomic E-state index is 0.0683. The molecular weight excluding hydrogens is 561 g/mol. The van der Waals surface area contributed by atoms with Crippen LogP contribution in [-0.2, 0) is 16.1 Å². The number of hydrogen-bond acceptors (Lipinski definition) is 4. The highest BCUT2D eigenvalue weighted by Gasteiger charge is 2.26. The number of aromatic nitrogens is 2. The molecule has 1 unspecified atom stereocenters. The Balaban J connectivity index is 1.62. The average molecular weight is 587 g/mol. The number of carbonyl (C=O) groups excluding carboxylic acids is 1. The summed E-state index contributed by atoms with van der Waals surface area (Å²) in [6.45, 7) is 5.77. The Hall–Kier alpha value is -3.36. The van der Waals surface area contributed by atoms with Gasteiger partial charge in [0.2, 0.25) is 0 Å². The van der Waals surface area contributed by atoms with Gasteiger partial charge in [0.15, 0.2) is 0 Å². The van der Waals surface area contributed by atoms with Crippen molar-refractivity contribution < 1.29 is 19.4 Å². The lowest BCUT2D eigenvalue weighted by atomic mass is 10.1. The Labute approximate surface area is 241 Å². The molecule has 4 aromatic rings. The average Bonchev–Trinajstić information content (AvgIpc) is 3.20. The first-order chi connectivity index (χ1) is 18.5. The lowest BCUT2D eigenvalue weighted by Crippen LogP contribution is -2.34. The number of amides is 1. The minimum Gasteiger partial charge on any atom is -0.478 e. The zero-order valence-corrected chi connectivity index (χ0v) is 23.7. The maximum Gasteiger partial charge on any atom is 0.335 e. The molecule has 202 valence electrons. The van der Waals surface area contributed by atoms with Crippen molar-refractivity contribution in [3.8, 4) is 16.9 Å². The van der Waals surface area contributed by atoms with Crippen molar-refractivity contribution in [2.75, 3.05) is 5.32 Å². The lowest BCUT2D eigenvalue weighted by Gasteiger charge is -2.20. The first kappa shape index (κ1) is 28.6. The van der Waals surface area contributed by atoms with E-state index >= 15 is 0 Å². The summed E-state index contributed by atoms with van der Waals surface area (Å²) in [5.41, 5.74) is 4.42. The fraction of sp³-hybridized carbons (Fsp3) is 0.207. The van der Waals surface area contributed by atoms with E-state index in [0.29, 0.717) is 32.1 Å². The number of aromatic carboxylic acids is 1. The number of benzene rings is 3. The number of ether oxygens (including phenoxy) is 1. The van der Waals surface area contributed by atoms with Crippen LogP contribution in [0.3, 0.4) is 0 Å². The number of rotatable bonds is 9. The van der Waals surface area contributed by atoms with E-state index in [1.54, 1.807) is 47.1 Å². The molecule has 0 radical (unpaired) electrons. The Morgan fingerprint density at radius 3 is 2.21 bits per heavy atom. The molecular formula is C29H26Cl3N3O4. The number of carboxylic acid groups (broad SMARTS) is 1. The molecule has 4 rings (SSSR count). The maximum absolute atomic E-state index is 13.1. The Kier molecular flexibility index (Phi) is 8.97. The number of nitrogens with zero attached hydrogens (tertiary/aromatic N) is 2. The topological polar surface area (TPSA) is 93.4 Å². The summed E-state index contributed by atoms with van der Waals surface area (Å²) in [4.78, 5) is 24.2. The van der Waals surface area contributed by atoms with Crippen molar-refractivity contribution in [2.24, 2.45) is 5.92 Å².